The smallest absolute Gasteiger partial charge is 0.274 e. The van der Waals surface area contributed by atoms with Crippen LogP contribution in [0.25, 0.3) is 0 Å². The summed E-state index contributed by atoms with van der Waals surface area (Å²) in [5.41, 5.74) is 1.98. The summed E-state index contributed by atoms with van der Waals surface area (Å²) in [6.45, 7) is 4.52. The molecule has 0 atom stereocenters. The van der Waals surface area contributed by atoms with Crippen LogP contribution < -0.4 is 5.32 Å². The largest absolute Gasteiger partial charge is 0.342 e. The Balaban J connectivity index is 1.70. The molecule has 0 saturated carbocycles. The molecule has 0 unspecified atom stereocenters. The van der Waals surface area contributed by atoms with Crippen LogP contribution in [0.15, 0.2) is 66.9 Å². The molecule has 0 bridgehead atoms. The van der Waals surface area contributed by atoms with E-state index >= 15 is 0 Å². The van der Waals surface area contributed by atoms with Crippen LogP contribution in [0.2, 0.25) is 0 Å². The number of nitrogens with one attached hydrogen (secondary N) is 1. The van der Waals surface area contributed by atoms with Gasteiger partial charge in [0.25, 0.3) is 5.91 Å². The van der Waals surface area contributed by atoms with Gasteiger partial charge in [-0.2, -0.15) is 0 Å². The lowest BCUT2D eigenvalue weighted by Gasteiger charge is -2.26. The summed E-state index contributed by atoms with van der Waals surface area (Å²) in [5.74, 6) is -0.233. The molecule has 0 aliphatic carbocycles. The molecule has 1 heterocycles. The van der Waals surface area contributed by atoms with E-state index in [1.165, 1.54) is 0 Å². The van der Waals surface area contributed by atoms with Crippen LogP contribution in [0.5, 0.6) is 0 Å². The summed E-state index contributed by atoms with van der Waals surface area (Å²) in [4.78, 5) is 12.5. The predicted octanol–water partition coefficient (Wildman–Crippen LogP) is 2.99. The highest BCUT2D eigenvalue weighted by atomic mass is 16.2. The second-order valence-electron chi connectivity index (χ2n) is 6.23. The number of benzene rings is 2. The average molecular weight is 320 g/mol. The van der Waals surface area contributed by atoms with E-state index in [4.69, 9.17) is 0 Å². The van der Waals surface area contributed by atoms with Crippen LogP contribution in [0, 0.1) is 0 Å². The van der Waals surface area contributed by atoms with Crippen molar-refractivity contribution < 1.29 is 4.79 Å². The number of carbonyl (C=O) groups is 1. The molecule has 0 aliphatic heterocycles. The molecule has 122 valence electrons. The van der Waals surface area contributed by atoms with Gasteiger partial charge in [0.1, 0.15) is 0 Å². The van der Waals surface area contributed by atoms with E-state index in [0.717, 1.165) is 11.1 Å². The molecule has 3 rings (SSSR count). The molecule has 3 aromatic rings. The first-order valence-corrected chi connectivity index (χ1v) is 7.87. The van der Waals surface area contributed by atoms with E-state index in [2.05, 4.69) is 15.6 Å². The number of rotatable bonds is 5. The zero-order valence-electron chi connectivity index (χ0n) is 13.8. The normalized spacial score (nSPS) is 11.2. The van der Waals surface area contributed by atoms with Crippen molar-refractivity contribution in [2.24, 2.45) is 0 Å². The van der Waals surface area contributed by atoms with Crippen LogP contribution in [-0.4, -0.2) is 20.9 Å². The third-order valence-electron chi connectivity index (χ3n) is 3.88. The molecule has 1 amide bonds. The second kappa shape index (κ2) is 6.66. The number of hydrogen-bond donors (Lipinski definition) is 1. The van der Waals surface area contributed by atoms with Crippen LogP contribution in [-0.2, 0) is 12.1 Å². The molecule has 2 aromatic carbocycles. The Hall–Kier alpha value is -2.95. The number of carbonyl (C=O) groups excluding carboxylic acids is 1. The summed E-state index contributed by atoms with van der Waals surface area (Å²) in [5, 5.41) is 11.0. The van der Waals surface area contributed by atoms with Crippen LogP contribution in [0.3, 0.4) is 0 Å². The monoisotopic (exact) mass is 320 g/mol. The highest BCUT2D eigenvalue weighted by Crippen LogP contribution is 2.19. The molecule has 1 aromatic heterocycles. The molecule has 5 heteroatoms. The SMILES string of the molecule is CC(C)(NC(=O)c1cn(Cc2ccccc2)nn1)c1ccccc1. The first-order chi connectivity index (χ1) is 11.5. The van der Waals surface area contributed by atoms with Crippen molar-refractivity contribution in [3.8, 4) is 0 Å². The van der Waals surface area contributed by atoms with E-state index < -0.39 is 5.54 Å². The predicted molar refractivity (Wildman–Crippen MR) is 92.5 cm³/mol. The fourth-order valence-electron chi connectivity index (χ4n) is 2.53. The Morgan fingerprint density at radius 1 is 1.04 bits per heavy atom. The Labute approximate surface area is 141 Å². The number of aromatic nitrogens is 3. The molecular formula is C19H20N4O. The molecule has 0 fully saturated rings. The lowest BCUT2D eigenvalue weighted by atomic mass is 9.94. The van der Waals surface area contributed by atoms with Crippen molar-refractivity contribution in [3.63, 3.8) is 0 Å². The van der Waals surface area contributed by atoms with Gasteiger partial charge >= 0.3 is 0 Å². The van der Waals surface area contributed by atoms with Gasteiger partial charge in [0.2, 0.25) is 0 Å². The van der Waals surface area contributed by atoms with Gasteiger partial charge in [-0.25, -0.2) is 4.68 Å². The summed E-state index contributed by atoms with van der Waals surface area (Å²) in [6.07, 6.45) is 1.67. The van der Waals surface area contributed by atoms with Gasteiger partial charge in [-0.1, -0.05) is 65.9 Å². The van der Waals surface area contributed by atoms with E-state index in [9.17, 15) is 4.79 Å². The van der Waals surface area contributed by atoms with Crippen molar-refractivity contribution in [3.05, 3.63) is 83.7 Å². The minimum Gasteiger partial charge on any atom is -0.342 e. The third kappa shape index (κ3) is 3.68. The maximum atomic E-state index is 12.5. The van der Waals surface area contributed by atoms with Gasteiger partial charge in [0, 0.05) is 0 Å². The third-order valence-corrected chi connectivity index (χ3v) is 3.88. The van der Waals surface area contributed by atoms with E-state index in [-0.39, 0.29) is 5.91 Å². The van der Waals surface area contributed by atoms with E-state index in [1.807, 2.05) is 74.5 Å². The molecule has 0 spiro atoms. The van der Waals surface area contributed by atoms with Gasteiger partial charge < -0.3 is 5.32 Å². The summed E-state index contributed by atoms with van der Waals surface area (Å²) < 4.78 is 1.67. The molecule has 24 heavy (non-hydrogen) atoms. The maximum absolute atomic E-state index is 12.5. The van der Waals surface area contributed by atoms with Crippen molar-refractivity contribution in [2.45, 2.75) is 25.9 Å². The zero-order chi connectivity index (χ0) is 17.0. The van der Waals surface area contributed by atoms with Crippen molar-refractivity contribution in [1.82, 2.24) is 20.3 Å². The maximum Gasteiger partial charge on any atom is 0.274 e. The van der Waals surface area contributed by atoms with Crippen LogP contribution >= 0.6 is 0 Å². The lowest BCUT2D eigenvalue weighted by Crippen LogP contribution is -2.41. The molecular weight excluding hydrogens is 300 g/mol. The van der Waals surface area contributed by atoms with Gasteiger partial charge in [0.05, 0.1) is 18.3 Å². The average Bonchev–Trinajstić information content (AvgIpc) is 3.05. The Kier molecular flexibility index (Phi) is 4.42. The summed E-state index contributed by atoms with van der Waals surface area (Å²) in [6, 6.07) is 19.8. The molecule has 0 aliphatic rings. The molecule has 1 N–H and O–H groups in total. The standard InChI is InChI=1S/C19H20N4O/c1-19(2,16-11-7-4-8-12-16)20-18(24)17-14-23(22-21-17)13-15-9-5-3-6-10-15/h3-12,14H,13H2,1-2H3,(H,20,24). The summed E-state index contributed by atoms with van der Waals surface area (Å²) in [7, 11) is 0. The lowest BCUT2D eigenvalue weighted by molar-refractivity contribution is 0.0907. The minimum absolute atomic E-state index is 0.233. The van der Waals surface area contributed by atoms with Gasteiger partial charge in [-0.15, -0.1) is 5.10 Å². The first kappa shape index (κ1) is 15.9. The van der Waals surface area contributed by atoms with Gasteiger partial charge in [-0.3, -0.25) is 4.79 Å². The van der Waals surface area contributed by atoms with E-state index in [0.29, 0.717) is 12.2 Å². The minimum atomic E-state index is -0.485. The Morgan fingerprint density at radius 3 is 2.33 bits per heavy atom. The second-order valence-corrected chi connectivity index (χ2v) is 6.23. The number of hydrogen-bond acceptors (Lipinski definition) is 3. The van der Waals surface area contributed by atoms with Crippen LogP contribution in [0.4, 0.5) is 0 Å². The summed E-state index contributed by atoms with van der Waals surface area (Å²) >= 11 is 0. The van der Waals surface area contributed by atoms with Crippen molar-refractivity contribution in [2.75, 3.05) is 0 Å². The molecule has 0 radical (unpaired) electrons. The van der Waals surface area contributed by atoms with Gasteiger partial charge in [0.15, 0.2) is 5.69 Å². The quantitative estimate of drug-likeness (QED) is 0.786. The molecule has 5 nitrogen and oxygen atoms in total. The molecule has 0 saturated heterocycles. The first-order valence-electron chi connectivity index (χ1n) is 7.87. The van der Waals surface area contributed by atoms with Crippen molar-refractivity contribution in [1.29, 1.82) is 0 Å². The fraction of sp³-hybridized carbons (Fsp3) is 0.211. The highest BCUT2D eigenvalue weighted by molar-refractivity contribution is 5.92. The fourth-order valence-corrected chi connectivity index (χ4v) is 2.53. The number of amides is 1. The Bertz CT molecular complexity index is 810. The van der Waals surface area contributed by atoms with Gasteiger partial charge in [-0.05, 0) is 25.0 Å². The zero-order valence-corrected chi connectivity index (χ0v) is 13.8. The van der Waals surface area contributed by atoms with Crippen LogP contribution in [0.1, 0.15) is 35.5 Å². The Morgan fingerprint density at radius 2 is 1.67 bits per heavy atom. The van der Waals surface area contributed by atoms with E-state index in [1.54, 1.807) is 10.9 Å². The number of nitrogens with zero attached hydrogens (tertiary/aromatic N) is 3. The topological polar surface area (TPSA) is 59.8 Å². The highest BCUT2D eigenvalue weighted by Gasteiger charge is 2.24. The van der Waals surface area contributed by atoms with Crippen molar-refractivity contribution >= 4 is 5.91 Å².